The normalized spacial score (nSPS) is 11.0. The Hall–Kier alpha value is -2.78. The van der Waals surface area contributed by atoms with E-state index in [1.54, 1.807) is 18.3 Å². The number of thiazole rings is 1. The van der Waals surface area contributed by atoms with Crippen molar-refractivity contribution >= 4 is 27.9 Å². The number of nitrogens with zero attached hydrogens (tertiary/aromatic N) is 3. The van der Waals surface area contributed by atoms with E-state index in [1.165, 1.54) is 23.5 Å². The van der Waals surface area contributed by atoms with Gasteiger partial charge in [0.2, 0.25) is 0 Å². The van der Waals surface area contributed by atoms with Crippen molar-refractivity contribution in [3.63, 3.8) is 0 Å². The van der Waals surface area contributed by atoms with Crippen LogP contribution in [0.1, 0.15) is 28.7 Å². The van der Waals surface area contributed by atoms with Crippen LogP contribution in [0.5, 0.6) is 0 Å². The summed E-state index contributed by atoms with van der Waals surface area (Å²) in [5, 5.41) is 13.8. The number of rotatable bonds is 8. The monoisotopic (exact) mass is 388 g/mol. The second-order valence-corrected chi connectivity index (χ2v) is 6.89. The summed E-state index contributed by atoms with van der Waals surface area (Å²) in [4.78, 5) is 28.7. The van der Waals surface area contributed by atoms with E-state index in [2.05, 4.69) is 10.3 Å². The number of carbonyl (C=O) groups is 1. The van der Waals surface area contributed by atoms with Gasteiger partial charge in [0.05, 0.1) is 10.6 Å². The lowest BCUT2D eigenvalue weighted by molar-refractivity contribution is -0.384. The Bertz CT molecular complexity index is 979. The van der Waals surface area contributed by atoms with E-state index in [4.69, 9.17) is 4.74 Å². The maximum atomic E-state index is 12.4. The SMILES string of the molecule is CCOCCCNC(=O)c1sc2nc(-c3cccc([N+](=O)[O-])c3)cn2c1C. The zero-order valence-corrected chi connectivity index (χ0v) is 15.9. The standard InChI is InChI=1S/C18H20N4O4S/c1-3-26-9-5-8-19-17(23)16-12(2)21-11-15(20-18(21)27-16)13-6-4-7-14(10-13)22(24)25/h4,6-7,10-11H,3,5,8-9H2,1-2H3,(H,19,23). The highest BCUT2D eigenvalue weighted by atomic mass is 32.1. The molecule has 0 atom stereocenters. The van der Waals surface area contributed by atoms with Crippen molar-refractivity contribution in [2.24, 2.45) is 0 Å². The first-order valence-corrected chi connectivity index (χ1v) is 9.42. The van der Waals surface area contributed by atoms with Gasteiger partial charge in [-0.3, -0.25) is 19.3 Å². The third-order valence-electron chi connectivity index (χ3n) is 4.07. The number of ether oxygens (including phenoxy) is 1. The molecule has 0 spiro atoms. The lowest BCUT2D eigenvalue weighted by atomic mass is 10.1. The van der Waals surface area contributed by atoms with Crippen molar-refractivity contribution in [2.45, 2.75) is 20.3 Å². The molecule has 3 aromatic rings. The van der Waals surface area contributed by atoms with Gasteiger partial charge in [0.1, 0.15) is 4.88 Å². The highest BCUT2D eigenvalue weighted by Crippen LogP contribution is 2.28. The first-order chi connectivity index (χ1) is 13.0. The van der Waals surface area contributed by atoms with Crippen molar-refractivity contribution in [3.8, 4) is 11.3 Å². The summed E-state index contributed by atoms with van der Waals surface area (Å²) >= 11 is 1.30. The maximum Gasteiger partial charge on any atom is 0.270 e. The highest BCUT2D eigenvalue weighted by Gasteiger charge is 2.18. The summed E-state index contributed by atoms with van der Waals surface area (Å²) in [7, 11) is 0. The summed E-state index contributed by atoms with van der Waals surface area (Å²) in [6.07, 6.45) is 2.56. The number of nitrogens with one attached hydrogen (secondary N) is 1. The van der Waals surface area contributed by atoms with E-state index >= 15 is 0 Å². The van der Waals surface area contributed by atoms with Crippen LogP contribution in [0.4, 0.5) is 5.69 Å². The number of benzene rings is 1. The van der Waals surface area contributed by atoms with Crippen molar-refractivity contribution in [1.29, 1.82) is 0 Å². The predicted molar refractivity (Wildman–Crippen MR) is 103 cm³/mol. The average molecular weight is 388 g/mol. The number of nitro benzene ring substituents is 1. The Morgan fingerprint density at radius 3 is 2.96 bits per heavy atom. The molecule has 1 aromatic carbocycles. The molecule has 0 aliphatic rings. The molecule has 0 unspecified atom stereocenters. The topological polar surface area (TPSA) is 98.8 Å². The molecule has 0 radical (unpaired) electrons. The van der Waals surface area contributed by atoms with Crippen molar-refractivity contribution in [2.75, 3.05) is 19.8 Å². The Labute approximate surface area is 159 Å². The molecule has 0 saturated heterocycles. The fraction of sp³-hybridized carbons (Fsp3) is 0.333. The van der Waals surface area contributed by atoms with Crippen LogP contribution >= 0.6 is 11.3 Å². The first kappa shape index (κ1) is 19.0. The van der Waals surface area contributed by atoms with Gasteiger partial charge in [0.25, 0.3) is 11.6 Å². The summed E-state index contributed by atoms with van der Waals surface area (Å²) < 4.78 is 7.10. The zero-order valence-electron chi connectivity index (χ0n) is 15.1. The molecule has 27 heavy (non-hydrogen) atoms. The Balaban J connectivity index is 1.77. The molecule has 2 heterocycles. The summed E-state index contributed by atoms with van der Waals surface area (Å²) in [5.41, 5.74) is 2.12. The van der Waals surface area contributed by atoms with Gasteiger partial charge in [0, 0.05) is 49.3 Å². The number of fused-ring (bicyclic) bond motifs is 1. The highest BCUT2D eigenvalue weighted by molar-refractivity contribution is 7.19. The second-order valence-electron chi connectivity index (χ2n) is 5.91. The van der Waals surface area contributed by atoms with Crippen LogP contribution in [0.15, 0.2) is 30.5 Å². The second kappa shape index (κ2) is 8.28. The molecule has 0 fully saturated rings. The molecule has 1 amide bonds. The molecule has 0 bridgehead atoms. The van der Waals surface area contributed by atoms with Crippen molar-refractivity contribution in [3.05, 3.63) is 51.1 Å². The molecule has 0 aliphatic carbocycles. The van der Waals surface area contributed by atoms with E-state index < -0.39 is 4.92 Å². The summed E-state index contributed by atoms with van der Waals surface area (Å²) in [5.74, 6) is -0.128. The minimum Gasteiger partial charge on any atom is -0.382 e. The Kier molecular flexibility index (Phi) is 5.82. The molecule has 1 N–H and O–H groups in total. The van der Waals surface area contributed by atoms with E-state index in [0.29, 0.717) is 40.9 Å². The molecule has 2 aromatic heterocycles. The van der Waals surface area contributed by atoms with Crippen LogP contribution in [0, 0.1) is 17.0 Å². The van der Waals surface area contributed by atoms with E-state index in [0.717, 1.165) is 12.1 Å². The molecule has 0 aliphatic heterocycles. The fourth-order valence-corrected chi connectivity index (χ4v) is 3.70. The number of hydrogen-bond donors (Lipinski definition) is 1. The number of non-ortho nitro benzene ring substituents is 1. The minimum absolute atomic E-state index is 0.0210. The van der Waals surface area contributed by atoms with Gasteiger partial charge in [-0.25, -0.2) is 4.98 Å². The number of aryl methyl sites for hydroxylation is 1. The van der Waals surface area contributed by atoms with E-state index in [1.807, 2.05) is 18.2 Å². The lowest BCUT2D eigenvalue weighted by Gasteiger charge is -2.04. The number of aromatic nitrogens is 2. The van der Waals surface area contributed by atoms with E-state index in [9.17, 15) is 14.9 Å². The van der Waals surface area contributed by atoms with E-state index in [-0.39, 0.29) is 11.6 Å². The minimum atomic E-state index is -0.429. The number of hydrogen-bond acceptors (Lipinski definition) is 6. The molecule has 142 valence electrons. The quantitative estimate of drug-likeness (QED) is 0.362. The molecule has 0 saturated carbocycles. The van der Waals surface area contributed by atoms with Crippen LogP contribution in [0.25, 0.3) is 16.2 Å². The van der Waals surface area contributed by atoms with Crippen LogP contribution < -0.4 is 5.32 Å². The van der Waals surface area contributed by atoms with Crippen molar-refractivity contribution < 1.29 is 14.5 Å². The predicted octanol–water partition coefficient (Wildman–Crippen LogP) is 3.44. The Morgan fingerprint density at radius 2 is 2.26 bits per heavy atom. The van der Waals surface area contributed by atoms with Crippen LogP contribution in [-0.2, 0) is 4.74 Å². The van der Waals surface area contributed by atoms with Gasteiger partial charge in [0.15, 0.2) is 4.96 Å². The fourth-order valence-electron chi connectivity index (χ4n) is 2.68. The third kappa shape index (κ3) is 4.15. The van der Waals surface area contributed by atoms with Crippen LogP contribution in [0.2, 0.25) is 0 Å². The smallest absolute Gasteiger partial charge is 0.270 e. The number of imidazole rings is 1. The molecular formula is C18H20N4O4S. The van der Waals surface area contributed by atoms with Crippen molar-refractivity contribution in [1.82, 2.24) is 14.7 Å². The zero-order chi connectivity index (χ0) is 19.4. The number of amides is 1. The molecule has 8 nitrogen and oxygen atoms in total. The first-order valence-electron chi connectivity index (χ1n) is 8.60. The number of nitro groups is 1. The Morgan fingerprint density at radius 1 is 1.44 bits per heavy atom. The van der Waals surface area contributed by atoms with Gasteiger partial charge in [-0.1, -0.05) is 23.5 Å². The number of carbonyl (C=O) groups excluding carboxylic acids is 1. The summed E-state index contributed by atoms with van der Waals surface area (Å²) in [6, 6.07) is 6.35. The van der Waals surface area contributed by atoms with Crippen LogP contribution in [-0.4, -0.2) is 40.0 Å². The van der Waals surface area contributed by atoms with Gasteiger partial charge in [-0.05, 0) is 20.3 Å². The summed E-state index contributed by atoms with van der Waals surface area (Å²) in [6.45, 7) is 5.64. The molecule has 3 rings (SSSR count). The largest absolute Gasteiger partial charge is 0.382 e. The van der Waals surface area contributed by atoms with Gasteiger partial charge < -0.3 is 10.1 Å². The average Bonchev–Trinajstić information content (AvgIpc) is 3.21. The molecule has 9 heteroatoms. The maximum absolute atomic E-state index is 12.4. The van der Waals surface area contributed by atoms with Gasteiger partial charge in [-0.2, -0.15) is 0 Å². The van der Waals surface area contributed by atoms with Gasteiger partial charge in [-0.15, -0.1) is 0 Å². The van der Waals surface area contributed by atoms with Crippen LogP contribution in [0.3, 0.4) is 0 Å². The molecular weight excluding hydrogens is 368 g/mol. The van der Waals surface area contributed by atoms with Gasteiger partial charge >= 0.3 is 0 Å². The third-order valence-corrected chi connectivity index (χ3v) is 5.23. The lowest BCUT2D eigenvalue weighted by Crippen LogP contribution is -2.25.